The van der Waals surface area contributed by atoms with E-state index in [2.05, 4.69) is 12.2 Å². The van der Waals surface area contributed by atoms with Crippen molar-refractivity contribution >= 4 is 35.8 Å². The van der Waals surface area contributed by atoms with Gasteiger partial charge in [-0.15, -0.1) is 0 Å². The van der Waals surface area contributed by atoms with Gasteiger partial charge >= 0.3 is 30.0 Å². The van der Waals surface area contributed by atoms with Crippen LogP contribution in [0.25, 0.3) is 0 Å². The molecule has 68 heavy (non-hydrogen) atoms. The average molecular weight is 946 g/mol. The first kappa shape index (κ1) is 52.3. The van der Waals surface area contributed by atoms with Gasteiger partial charge < -0.3 is 44.3 Å². The molecule has 0 aromatic heterocycles. The van der Waals surface area contributed by atoms with Crippen LogP contribution in [-0.4, -0.2) is 98.4 Å². The molecule has 15 heteroatoms. The third-order valence-corrected chi connectivity index (χ3v) is 15.1. The fourth-order valence-corrected chi connectivity index (χ4v) is 11.5. The van der Waals surface area contributed by atoms with Gasteiger partial charge in [-0.25, -0.2) is 14.4 Å². The zero-order chi connectivity index (χ0) is 50.0. The van der Waals surface area contributed by atoms with Gasteiger partial charge in [0.15, 0.2) is 5.78 Å². The van der Waals surface area contributed by atoms with Crippen molar-refractivity contribution in [3.8, 4) is 0 Å². The smallest absolute Gasteiger partial charge is 0.408 e. The Hall–Kier alpha value is -5.12. The number of Topliss-reactive ketones (excluding diaryl/α,β-unsaturated/α-hetero) is 1. The highest BCUT2D eigenvalue weighted by molar-refractivity contribution is 5.94. The molecule has 11 atom stereocenters. The van der Waals surface area contributed by atoms with Crippen LogP contribution >= 0.6 is 0 Å². The lowest BCUT2D eigenvalue weighted by atomic mass is 9.41. The van der Waals surface area contributed by atoms with E-state index in [1.165, 1.54) is 26.0 Å². The minimum atomic E-state index is -2.34. The minimum absolute atomic E-state index is 0.0249. The number of benzene rings is 2. The van der Waals surface area contributed by atoms with E-state index < -0.39 is 118 Å². The Bertz CT molecular complexity index is 2220. The number of rotatable bonds is 16. The fourth-order valence-electron chi connectivity index (χ4n) is 11.5. The van der Waals surface area contributed by atoms with Gasteiger partial charge in [-0.2, -0.15) is 0 Å². The molecule has 0 heterocycles. The first-order valence-corrected chi connectivity index (χ1v) is 24.2. The van der Waals surface area contributed by atoms with Crippen molar-refractivity contribution in [3.63, 3.8) is 0 Å². The van der Waals surface area contributed by atoms with E-state index in [4.69, 9.17) is 23.7 Å². The van der Waals surface area contributed by atoms with Gasteiger partial charge in [-0.05, 0) is 89.1 Å². The summed E-state index contributed by atoms with van der Waals surface area (Å²) >= 11 is 0. The lowest BCUT2D eigenvalue weighted by molar-refractivity contribution is -0.296. The van der Waals surface area contributed by atoms with Crippen molar-refractivity contribution in [1.29, 1.82) is 0 Å². The van der Waals surface area contributed by atoms with E-state index in [1.807, 2.05) is 0 Å². The number of nitrogens with one attached hydrogen (secondary N) is 1. The normalized spacial score (nSPS) is 30.4. The van der Waals surface area contributed by atoms with E-state index in [1.54, 1.807) is 90.1 Å². The van der Waals surface area contributed by atoms with Crippen LogP contribution in [0.15, 0.2) is 71.8 Å². The molecule has 3 saturated carbocycles. The monoisotopic (exact) mass is 945 g/mol. The minimum Gasteiger partial charge on any atom is -0.458 e. The van der Waals surface area contributed by atoms with E-state index in [9.17, 15) is 34.5 Å². The molecule has 3 fully saturated rings. The van der Waals surface area contributed by atoms with Crippen molar-refractivity contribution in [1.82, 2.24) is 5.32 Å². The standard InChI is InChI=1S/C53H71NO14/c1-10-11-12-13-14-21-26-38(57)65-42(40(33-22-17-15-18-23-33)54-48(62)68-49(4,5)6)47(61)64-36-30-53(63)45(66-46(60)34-24-19-16-20-25-34)43-51(9,44(59)41(58)39(31(36)2)50(53,7)8)37(56)29-35-27-28-52(35,43)67-32(3)55/h15-20,22-25,35-37,40-43,45,56,58,63H,10-14,21,26-30H2,1-9H3,(H,54,62)/t35-,36+,37+,40+,41-,42-,43?,45+,51-,52+,53-/m1/s1. The van der Waals surface area contributed by atoms with E-state index in [-0.39, 0.29) is 36.0 Å². The van der Waals surface area contributed by atoms with Crippen molar-refractivity contribution in [2.24, 2.45) is 22.7 Å². The van der Waals surface area contributed by atoms with Crippen LogP contribution in [-0.2, 0) is 42.9 Å². The third-order valence-electron chi connectivity index (χ3n) is 15.1. The molecule has 15 nitrogen and oxygen atoms in total. The summed E-state index contributed by atoms with van der Waals surface area (Å²) in [6.45, 7) is 14.5. The molecule has 2 aromatic rings. The predicted octanol–water partition coefficient (Wildman–Crippen LogP) is 7.57. The SMILES string of the molecule is CCCCCCCCC(=O)O[C@@H](C(=O)O[C@H]1C[C@@]2(O)[C@@H](OC(=O)c3ccccc3)C3[C@](C)(C(=O)[C@H](O)C(=C1C)C2(C)C)[C@@H](O)C[C@H]1CC[C@@]31OC(C)=O)[C@@H](NC(=O)OC(C)(C)C)c1ccccc1. The summed E-state index contributed by atoms with van der Waals surface area (Å²) in [6.07, 6.45) is -3.98. The first-order chi connectivity index (χ1) is 31.9. The van der Waals surface area contributed by atoms with Crippen LogP contribution in [0, 0.1) is 22.7 Å². The number of unbranched alkanes of at least 4 members (excludes halogenated alkanes) is 5. The fraction of sp³-hybridized carbons (Fsp3) is 0.623. The Kier molecular flexibility index (Phi) is 15.7. The Morgan fingerprint density at radius 2 is 1.50 bits per heavy atom. The second-order valence-corrected chi connectivity index (χ2v) is 21.0. The molecule has 2 aromatic carbocycles. The van der Waals surface area contributed by atoms with Crippen LogP contribution in [0.4, 0.5) is 4.79 Å². The number of ketones is 1. The molecular formula is C53H71NO14. The first-order valence-electron chi connectivity index (χ1n) is 24.2. The van der Waals surface area contributed by atoms with E-state index in [0.717, 1.165) is 32.1 Å². The maximum absolute atomic E-state index is 15.2. The molecule has 1 amide bonds. The zero-order valence-corrected chi connectivity index (χ0v) is 41.0. The van der Waals surface area contributed by atoms with E-state index in [0.29, 0.717) is 18.4 Å². The molecule has 0 saturated heterocycles. The number of aliphatic hydroxyl groups is 3. The van der Waals surface area contributed by atoms with Crippen molar-refractivity contribution in [2.45, 2.75) is 186 Å². The number of hydrogen-bond acceptors (Lipinski definition) is 14. The van der Waals surface area contributed by atoms with E-state index >= 15 is 9.59 Å². The number of hydrogen-bond donors (Lipinski definition) is 4. The number of ether oxygens (including phenoxy) is 5. The number of amides is 1. The molecule has 4 aliphatic rings. The largest absolute Gasteiger partial charge is 0.458 e. The van der Waals surface area contributed by atoms with Gasteiger partial charge in [0.25, 0.3) is 0 Å². The number of alkyl carbamates (subject to hydrolysis) is 1. The molecular weight excluding hydrogens is 875 g/mol. The summed E-state index contributed by atoms with van der Waals surface area (Å²) in [5.41, 5.74) is -7.81. The molecule has 0 aliphatic heterocycles. The Balaban J connectivity index is 1.48. The zero-order valence-electron chi connectivity index (χ0n) is 41.0. The summed E-state index contributed by atoms with van der Waals surface area (Å²) < 4.78 is 30.6. The van der Waals surface area contributed by atoms with Crippen molar-refractivity contribution in [2.75, 3.05) is 0 Å². The molecule has 1 unspecified atom stereocenters. The van der Waals surface area contributed by atoms with Crippen molar-refractivity contribution < 1.29 is 67.8 Å². The lowest BCUT2D eigenvalue weighted by Gasteiger charge is -2.68. The number of carbonyl (C=O) groups excluding carboxylic acids is 6. The van der Waals surface area contributed by atoms with Crippen LogP contribution in [0.2, 0.25) is 0 Å². The van der Waals surface area contributed by atoms with Gasteiger partial charge in [0.05, 0.1) is 23.0 Å². The Morgan fingerprint density at radius 3 is 2.09 bits per heavy atom. The van der Waals surface area contributed by atoms with Crippen LogP contribution < -0.4 is 5.32 Å². The topological polar surface area (TPSA) is 221 Å². The number of fused-ring (bicyclic) bond motifs is 5. The highest BCUT2D eigenvalue weighted by Crippen LogP contribution is 2.67. The second kappa shape index (κ2) is 20.5. The maximum atomic E-state index is 15.2. The lowest BCUT2D eigenvalue weighted by Crippen LogP contribution is -2.78. The van der Waals surface area contributed by atoms with Crippen LogP contribution in [0.1, 0.15) is 155 Å². The summed E-state index contributed by atoms with van der Waals surface area (Å²) in [7, 11) is 0. The number of esters is 4. The predicted molar refractivity (Wildman–Crippen MR) is 248 cm³/mol. The van der Waals surface area contributed by atoms with Gasteiger partial charge in [0.1, 0.15) is 41.2 Å². The molecule has 0 spiro atoms. The highest BCUT2D eigenvalue weighted by Gasteiger charge is 2.77. The van der Waals surface area contributed by atoms with Gasteiger partial charge in [0, 0.05) is 31.1 Å². The second-order valence-electron chi connectivity index (χ2n) is 21.0. The molecule has 4 aliphatic carbocycles. The molecule has 6 rings (SSSR count). The van der Waals surface area contributed by atoms with Crippen molar-refractivity contribution in [3.05, 3.63) is 82.9 Å². The molecule has 2 bridgehead atoms. The highest BCUT2D eigenvalue weighted by atomic mass is 16.6. The molecule has 372 valence electrons. The number of aliphatic hydroxyl groups excluding tert-OH is 2. The summed E-state index contributed by atoms with van der Waals surface area (Å²) in [4.78, 5) is 85.0. The van der Waals surface area contributed by atoms with Crippen LogP contribution in [0.3, 0.4) is 0 Å². The van der Waals surface area contributed by atoms with Gasteiger partial charge in [-0.3, -0.25) is 14.4 Å². The summed E-state index contributed by atoms with van der Waals surface area (Å²) in [6, 6.07) is 15.0. The molecule has 4 N–H and O–H groups in total. The number of carbonyl (C=O) groups is 6. The third kappa shape index (κ3) is 10.1. The summed E-state index contributed by atoms with van der Waals surface area (Å²) in [5.74, 6) is -6.25. The Morgan fingerprint density at radius 1 is 0.882 bits per heavy atom. The Labute approximate surface area is 399 Å². The molecule has 0 radical (unpaired) electrons. The van der Waals surface area contributed by atoms with Gasteiger partial charge in [0.2, 0.25) is 6.10 Å². The average Bonchev–Trinajstić information content (AvgIpc) is 3.27. The summed E-state index contributed by atoms with van der Waals surface area (Å²) in [5, 5.41) is 41.0. The van der Waals surface area contributed by atoms with Gasteiger partial charge in [-0.1, -0.05) is 101 Å². The maximum Gasteiger partial charge on any atom is 0.408 e. The van der Waals surface area contributed by atoms with Crippen LogP contribution in [0.5, 0.6) is 0 Å². The quantitative estimate of drug-likeness (QED) is 0.0552.